The third-order valence-corrected chi connectivity index (χ3v) is 5.24. The minimum atomic E-state index is -0.988. The summed E-state index contributed by atoms with van der Waals surface area (Å²) in [5, 5.41) is 12.4. The molecule has 5 nitrogen and oxygen atoms in total. The quantitative estimate of drug-likeness (QED) is 0.801. The lowest BCUT2D eigenvalue weighted by molar-refractivity contribution is -0.153. The highest BCUT2D eigenvalue weighted by Crippen LogP contribution is 2.32. The third kappa shape index (κ3) is 2.82. The second-order valence-electron chi connectivity index (χ2n) is 6.76. The smallest absolute Gasteiger partial charge is 0.310 e. The summed E-state index contributed by atoms with van der Waals surface area (Å²) in [5.74, 6) is -1.09. The van der Waals surface area contributed by atoms with Gasteiger partial charge in [-0.15, -0.1) is 0 Å². The molecule has 1 amide bonds. The topological polar surface area (TPSA) is 69.6 Å². The molecule has 2 heterocycles. The first kappa shape index (κ1) is 15.3. The zero-order chi connectivity index (χ0) is 14.9. The molecule has 0 aliphatic carbocycles. The molecule has 5 heteroatoms. The van der Waals surface area contributed by atoms with Gasteiger partial charge in [-0.3, -0.25) is 14.5 Å². The summed E-state index contributed by atoms with van der Waals surface area (Å²) in [4.78, 5) is 26.1. The summed E-state index contributed by atoms with van der Waals surface area (Å²) in [5.41, 5.74) is -0.988. The van der Waals surface area contributed by atoms with Crippen molar-refractivity contribution in [3.05, 3.63) is 0 Å². The maximum atomic E-state index is 12.2. The molecule has 2 rings (SSSR count). The fraction of sp³-hybridized carbons (Fsp3) is 0.867. The molecule has 0 aromatic rings. The standard InChI is InChI=1S/C15H26N2O3/c1-10(2)15(3,14(19)20)9-13(18)16-11-6-8-17-7-4-5-12(11)17/h10-12H,4-9H2,1-3H3,(H,16,18)(H,19,20). The van der Waals surface area contributed by atoms with Crippen molar-refractivity contribution in [3.63, 3.8) is 0 Å². The Hall–Kier alpha value is -1.10. The van der Waals surface area contributed by atoms with Crippen LogP contribution in [0.4, 0.5) is 0 Å². The SMILES string of the molecule is CC(C)C(C)(CC(=O)NC1CCN2CCCC12)C(=O)O. The van der Waals surface area contributed by atoms with Gasteiger partial charge >= 0.3 is 5.97 Å². The highest BCUT2D eigenvalue weighted by Gasteiger charge is 2.41. The monoisotopic (exact) mass is 282 g/mol. The van der Waals surface area contributed by atoms with Gasteiger partial charge in [-0.1, -0.05) is 13.8 Å². The number of hydrogen-bond donors (Lipinski definition) is 2. The number of hydrogen-bond acceptors (Lipinski definition) is 3. The second-order valence-corrected chi connectivity index (χ2v) is 6.76. The largest absolute Gasteiger partial charge is 0.481 e. The molecule has 0 radical (unpaired) electrons. The molecule has 0 aromatic heterocycles. The first-order chi connectivity index (χ1) is 9.34. The van der Waals surface area contributed by atoms with E-state index in [2.05, 4.69) is 10.2 Å². The molecule has 3 unspecified atom stereocenters. The van der Waals surface area contributed by atoms with Gasteiger partial charge in [-0.2, -0.15) is 0 Å². The van der Waals surface area contributed by atoms with Gasteiger partial charge in [0, 0.05) is 25.0 Å². The number of nitrogens with one attached hydrogen (secondary N) is 1. The molecule has 2 N–H and O–H groups in total. The molecule has 20 heavy (non-hydrogen) atoms. The van der Waals surface area contributed by atoms with Crippen LogP contribution in [0.5, 0.6) is 0 Å². The number of aliphatic carboxylic acids is 1. The Labute approximate surface area is 120 Å². The van der Waals surface area contributed by atoms with Crippen LogP contribution in [0.25, 0.3) is 0 Å². The Kier molecular flexibility index (Phi) is 4.37. The summed E-state index contributed by atoms with van der Waals surface area (Å²) >= 11 is 0. The van der Waals surface area contributed by atoms with E-state index >= 15 is 0 Å². The fourth-order valence-corrected chi connectivity index (χ4v) is 3.37. The average molecular weight is 282 g/mol. The number of carbonyl (C=O) groups is 2. The Morgan fingerprint density at radius 3 is 2.65 bits per heavy atom. The maximum absolute atomic E-state index is 12.2. The van der Waals surface area contributed by atoms with Gasteiger partial charge < -0.3 is 10.4 Å². The van der Waals surface area contributed by atoms with E-state index < -0.39 is 11.4 Å². The number of fused-ring (bicyclic) bond motifs is 1. The zero-order valence-corrected chi connectivity index (χ0v) is 12.7. The van der Waals surface area contributed by atoms with Crippen LogP contribution in [0, 0.1) is 11.3 Å². The highest BCUT2D eigenvalue weighted by atomic mass is 16.4. The van der Waals surface area contributed by atoms with Crippen LogP contribution in [0.15, 0.2) is 0 Å². The molecule has 0 saturated carbocycles. The van der Waals surface area contributed by atoms with E-state index in [1.54, 1.807) is 6.92 Å². The molecular formula is C15H26N2O3. The average Bonchev–Trinajstić information content (AvgIpc) is 2.93. The number of carboxylic acids is 1. The van der Waals surface area contributed by atoms with E-state index in [1.165, 1.54) is 6.42 Å². The Morgan fingerprint density at radius 1 is 1.35 bits per heavy atom. The van der Waals surface area contributed by atoms with E-state index in [9.17, 15) is 14.7 Å². The van der Waals surface area contributed by atoms with Crippen molar-refractivity contribution in [2.45, 2.75) is 58.5 Å². The first-order valence-corrected chi connectivity index (χ1v) is 7.61. The second kappa shape index (κ2) is 5.72. The van der Waals surface area contributed by atoms with Gasteiger partial charge in [0.25, 0.3) is 0 Å². The summed E-state index contributed by atoms with van der Waals surface area (Å²) < 4.78 is 0. The molecule has 2 fully saturated rings. The van der Waals surface area contributed by atoms with Gasteiger partial charge in [-0.25, -0.2) is 0 Å². The minimum Gasteiger partial charge on any atom is -0.481 e. The van der Waals surface area contributed by atoms with Crippen LogP contribution in [-0.2, 0) is 9.59 Å². The molecular weight excluding hydrogens is 256 g/mol. The van der Waals surface area contributed by atoms with Gasteiger partial charge in [0.1, 0.15) is 0 Å². The van der Waals surface area contributed by atoms with Crippen molar-refractivity contribution >= 4 is 11.9 Å². The number of rotatable bonds is 5. The van der Waals surface area contributed by atoms with Crippen LogP contribution in [-0.4, -0.2) is 47.1 Å². The first-order valence-electron chi connectivity index (χ1n) is 7.61. The van der Waals surface area contributed by atoms with E-state index in [-0.39, 0.29) is 24.3 Å². The van der Waals surface area contributed by atoms with Crippen molar-refractivity contribution < 1.29 is 14.7 Å². The molecule has 2 saturated heterocycles. The molecule has 0 bridgehead atoms. The minimum absolute atomic E-state index is 0.0587. The van der Waals surface area contributed by atoms with Crippen LogP contribution in [0.1, 0.15) is 46.5 Å². The van der Waals surface area contributed by atoms with Crippen molar-refractivity contribution in [2.24, 2.45) is 11.3 Å². The normalized spacial score (nSPS) is 29.2. The Balaban J connectivity index is 1.93. The summed E-state index contributed by atoms with van der Waals surface area (Å²) in [6.45, 7) is 7.56. The van der Waals surface area contributed by atoms with Gasteiger partial charge in [0.05, 0.1) is 5.41 Å². The van der Waals surface area contributed by atoms with Crippen molar-refractivity contribution in [1.82, 2.24) is 10.2 Å². The molecule has 3 atom stereocenters. The molecule has 0 spiro atoms. The fourth-order valence-electron chi connectivity index (χ4n) is 3.37. The lowest BCUT2D eigenvalue weighted by atomic mass is 9.76. The summed E-state index contributed by atoms with van der Waals surface area (Å²) in [6.07, 6.45) is 3.40. The van der Waals surface area contributed by atoms with Gasteiger partial charge in [0.2, 0.25) is 5.91 Å². The predicted octanol–water partition coefficient (Wildman–Crippen LogP) is 1.48. The molecule has 2 aliphatic heterocycles. The van der Waals surface area contributed by atoms with Crippen molar-refractivity contribution in [3.8, 4) is 0 Å². The van der Waals surface area contributed by atoms with Crippen LogP contribution in [0.2, 0.25) is 0 Å². The van der Waals surface area contributed by atoms with Gasteiger partial charge in [-0.05, 0) is 38.6 Å². The number of amides is 1. The van der Waals surface area contributed by atoms with E-state index in [4.69, 9.17) is 0 Å². The Morgan fingerprint density at radius 2 is 2.05 bits per heavy atom. The Bertz CT molecular complexity index is 397. The van der Waals surface area contributed by atoms with Crippen molar-refractivity contribution in [2.75, 3.05) is 13.1 Å². The number of nitrogens with zero attached hydrogens (tertiary/aromatic N) is 1. The van der Waals surface area contributed by atoms with Gasteiger partial charge in [0.15, 0.2) is 0 Å². The van der Waals surface area contributed by atoms with Crippen LogP contribution < -0.4 is 5.32 Å². The van der Waals surface area contributed by atoms with Crippen LogP contribution >= 0.6 is 0 Å². The lowest BCUT2D eigenvalue weighted by Gasteiger charge is -2.29. The molecule has 114 valence electrons. The number of carbonyl (C=O) groups excluding carboxylic acids is 1. The van der Waals surface area contributed by atoms with E-state index in [0.29, 0.717) is 6.04 Å². The lowest BCUT2D eigenvalue weighted by Crippen LogP contribution is -2.45. The van der Waals surface area contributed by atoms with Crippen LogP contribution in [0.3, 0.4) is 0 Å². The molecule has 0 aromatic carbocycles. The van der Waals surface area contributed by atoms with E-state index in [0.717, 1.165) is 25.9 Å². The maximum Gasteiger partial charge on any atom is 0.310 e. The van der Waals surface area contributed by atoms with E-state index in [1.807, 2.05) is 13.8 Å². The molecule has 2 aliphatic rings. The zero-order valence-electron chi connectivity index (χ0n) is 12.7. The summed E-state index contributed by atoms with van der Waals surface area (Å²) in [7, 11) is 0. The number of carboxylic acid groups (broad SMARTS) is 1. The summed E-state index contributed by atoms with van der Waals surface area (Å²) in [6, 6.07) is 0.671. The third-order valence-electron chi connectivity index (χ3n) is 5.24. The highest BCUT2D eigenvalue weighted by molar-refractivity contribution is 5.85. The van der Waals surface area contributed by atoms with Crippen molar-refractivity contribution in [1.29, 1.82) is 0 Å². The predicted molar refractivity (Wildman–Crippen MR) is 76.3 cm³/mol.